The number of nitrogens with one attached hydrogen (secondary N) is 1. The molecule has 6 rings (SSSR count). The molecule has 2 amide bonds. The summed E-state index contributed by atoms with van der Waals surface area (Å²) in [5.74, 6) is -3.44. The molecule has 2 aliphatic heterocycles. The summed E-state index contributed by atoms with van der Waals surface area (Å²) in [4.78, 5) is 39.9. The summed E-state index contributed by atoms with van der Waals surface area (Å²) in [6.07, 6.45) is -0.463. The zero-order valence-electron chi connectivity index (χ0n) is 22.4. The van der Waals surface area contributed by atoms with Gasteiger partial charge in [0, 0.05) is 38.8 Å². The Hall–Kier alpha value is -3.59. The van der Waals surface area contributed by atoms with Crippen molar-refractivity contribution in [1.82, 2.24) is 19.8 Å². The monoisotopic (exact) mass is 640 g/mol. The van der Waals surface area contributed by atoms with Crippen molar-refractivity contribution in [3.05, 3.63) is 52.6 Å². The molecule has 4 aromatic rings. The van der Waals surface area contributed by atoms with E-state index in [1.807, 2.05) is 41.1 Å². The Kier molecular flexibility index (Phi) is 8.75. The second kappa shape index (κ2) is 12.2. The van der Waals surface area contributed by atoms with Crippen LogP contribution in [0.3, 0.4) is 0 Å². The first-order valence-corrected chi connectivity index (χ1v) is 14.3. The maximum absolute atomic E-state index is 15.7. The van der Waals surface area contributed by atoms with Crippen LogP contribution >= 0.6 is 22.9 Å². The van der Waals surface area contributed by atoms with E-state index >= 15 is 4.39 Å². The summed E-state index contributed by atoms with van der Waals surface area (Å²) in [6.45, 7) is 1.61. The predicted octanol–water partition coefficient (Wildman–Crippen LogP) is 5.18. The van der Waals surface area contributed by atoms with Gasteiger partial charge >= 0.3 is 12.1 Å². The van der Waals surface area contributed by atoms with Gasteiger partial charge in [0.2, 0.25) is 0 Å². The highest BCUT2D eigenvalue weighted by atomic mass is 35.5. The van der Waals surface area contributed by atoms with Gasteiger partial charge in [-0.15, -0.1) is 11.3 Å². The van der Waals surface area contributed by atoms with E-state index in [1.165, 1.54) is 16.2 Å². The van der Waals surface area contributed by atoms with Crippen LogP contribution in [0.15, 0.2) is 42.7 Å². The number of carbonyl (C=O) groups excluding carboxylic acids is 2. The van der Waals surface area contributed by atoms with Crippen LogP contribution in [0.5, 0.6) is 0 Å². The lowest BCUT2D eigenvalue weighted by Gasteiger charge is -2.31. The van der Waals surface area contributed by atoms with Gasteiger partial charge in [0.05, 0.1) is 28.8 Å². The summed E-state index contributed by atoms with van der Waals surface area (Å²) < 4.78 is 55.3. The first-order valence-electron chi connectivity index (χ1n) is 13.1. The molecule has 0 saturated carbocycles. The number of aliphatic carboxylic acids is 1. The Bertz CT molecular complexity index is 1680. The van der Waals surface area contributed by atoms with E-state index in [0.29, 0.717) is 31.0 Å². The summed E-state index contributed by atoms with van der Waals surface area (Å²) in [6, 6.07) is 9.63. The Balaban J connectivity index is 0.000000472. The van der Waals surface area contributed by atoms with E-state index in [-0.39, 0.29) is 38.1 Å². The number of aromatic nitrogens is 2. The Morgan fingerprint density at radius 3 is 2.44 bits per heavy atom. The number of carbonyl (C=O) groups is 3. The third kappa shape index (κ3) is 6.82. The molecule has 2 fully saturated rings. The number of hydrogen-bond acceptors (Lipinski definition) is 7. The van der Waals surface area contributed by atoms with E-state index in [1.54, 1.807) is 6.20 Å². The third-order valence-electron chi connectivity index (χ3n) is 7.14. The van der Waals surface area contributed by atoms with E-state index in [2.05, 4.69) is 10.3 Å². The van der Waals surface area contributed by atoms with Crippen molar-refractivity contribution in [3.63, 3.8) is 0 Å². The number of imide groups is 1. The van der Waals surface area contributed by atoms with Crippen LogP contribution in [0, 0.1) is 0 Å². The number of alkyl halides is 4. The molecule has 0 atom stereocenters. The summed E-state index contributed by atoms with van der Waals surface area (Å²) in [5.41, 5.74) is 2.26. The number of morpholine rings is 1. The number of nitrogens with zero attached hydrogens (tertiary/aromatic N) is 3. The standard InChI is InChI=1S/C26H24ClFN4O3S.C2HF3O2/c27-17-9-16-2-8-31(15-26(28)3-6-29-7-4-26)24(16)20(10-17)19-1-5-30-21-11-18(36-25(19)21)12-32-22(33)13-35-14-23(32)34;3-2(4,5)1(6)7/h1-2,5,8-11,29H,3-4,6-7,12-15H2;(H,6,7). The number of rotatable bonds is 5. The predicted molar refractivity (Wildman–Crippen MR) is 152 cm³/mol. The Morgan fingerprint density at radius 1 is 1.12 bits per heavy atom. The number of fused-ring (bicyclic) bond motifs is 2. The van der Waals surface area contributed by atoms with Crippen molar-refractivity contribution >= 4 is 61.8 Å². The minimum absolute atomic E-state index is 0.0935. The summed E-state index contributed by atoms with van der Waals surface area (Å²) in [5, 5.41) is 11.9. The van der Waals surface area contributed by atoms with Crippen LogP contribution in [0.2, 0.25) is 5.02 Å². The van der Waals surface area contributed by atoms with Gasteiger partial charge < -0.3 is 19.7 Å². The Morgan fingerprint density at radius 2 is 1.79 bits per heavy atom. The lowest BCUT2D eigenvalue weighted by atomic mass is 9.94. The van der Waals surface area contributed by atoms with E-state index in [9.17, 15) is 22.8 Å². The molecule has 9 nitrogen and oxygen atoms in total. The number of piperidine rings is 1. The fourth-order valence-electron chi connectivity index (χ4n) is 5.12. The molecule has 0 aliphatic carbocycles. The van der Waals surface area contributed by atoms with E-state index < -0.39 is 17.8 Å². The van der Waals surface area contributed by atoms with Crippen molar-refractivity contribution in [2.45, 2.75) is 37.8 Å². The number of benzene rings is 1. The van der Waals surface area contributed by atoms with Crippen LogP contribution in [-0.2, 0) is 32.2 Å². The first kappa shape index (κ1) is 30.9. The molecule has 0 unspecified atom stereocenters. The highest BCUT2D eigenvalue weighted by Gasteiger charge is 2.38. The average Bonchev–Trinajstić information content (AvgIpc) is 3.54. The van der Waals surface area contributed by atoms with E-state index in [0.717, 1.165) is 37.1 Å². The molecule has 3 aromatic heterocycles. The van der Waals surface area contributed by atoms with Crippen LogP contribution in [0.25, 0.3) is 32.2 Å². The van der Waals surface area contributed by atoms with Crippen LogP contribution in [-0.4, -0.2) is 75.5 Å². The molecule has 0 radical (unpaired) electrons. The maximum Gasteiger partial charge on any atom is 0.490 e. The van der Waals surface area contributed by atoms with Crippen molar-refractivity contribution in [2.75, 3.05) is 26.3 Å². The second-order valence-corrected chi connectivity index (χ2v) is 11.8. The number of thiophene rings is 1. The molecule has 2 aliphatic rings. The minimum atomic E-state index is -5.08. The van der Waals surface area contributed by atoms with Gasteiger partial charge in [-0.05, 0) is 56.3 Å². The number of carboxylic acid groups (broad SMARTS) is 1. The average molecular weight is 641 g/mol. The molecule has 0 bridgehead atoms. The molecule has 0 spiro atoms. The second-order valence-electron chi connectivity index (χ2n) is 10.2. The van der Waals surface area contributed by atoms with Crippen molar-refractivity contribution in [1.29, 1.82) is 0 Å². The number of pyridine rings is 1. The van der Waals surface area contributed by atoms with Crippen LogP contribution in [0.1, 0.15) is 17.7 Å². The number of halogens is 5. The zero-order valence-corrected chi connectivity index (χ0v) is 24.0. The molecule has 228 valence electrons. The minimum Gasteiger partial charge on any atom is -0.475 e. The fraction of sp³-hybridized carbons (Fsp3) is 0.357. The van der Waals surface area contributed by atoms with Crippen molar-refractivity contribution < 1.29 is 41.8 Å². The number of amides is 2. The molecular weight excluding hydrogens is 616 g/mol. The number of ether oxygens (including phenoxy) is 1. The van der Waals surface area contributed by atoms with Gasteiger partial charge in [-0.25, -0.2) is 9.18 Å². The summed E-state index contributed by atoms with van der Waals surface area (Å²) in [7, 11) is 0. The van der Waals surface area contributed by atoms with Crippen LogP contribution in [0.4, 0.5) is 17.6 Å². The fourth-order valence-corrected chi connectivity index (χ4v) is 6.48. The number of carboxylic acids is 1. The lowest BCUT2D eigenvalue weighted by Crippen LogP contribution is -2.45. The first-order chi connectivity index (χ1) is 20.3. The smallest absolute Gasteiger partial charge is 0.475 e. The molecule has 2 N–H and O–H groups in total. The Labute approximate surface area is 251 Å². The van der Waals surface area contributed by atoms with Gasteiger partial charge in [-0.3, -0.25) is 19.5 Å². The van der Waals surface area contributed by atoms with Gasteiger partial charge in [-0.1, -0.05) is 11.6 Å². The molecule has 15 heteroatoms. The highest BCUT2D eigenvalue weighted by Crippen LogP contribution is 2.40. The quantitative estimate of drug-likeness (QED) is 0.228. The van der Waals surface area contributed by atoms with Gasteiger partial charge in [0.15, 0.2) is 0 Å². The largest absolute Gasteiger partial charge is 0.490 e. The maximum atomic E-state index is 15.7. The van der Waals surface area contributed by atoms with Crippen molar-refractivity contribution in [3.8, 4) is 11.1 Å². The molecule has 1 aromatic carbocycles. The third-order valence-corrected chi connectivity index (χ3v) is 8.50. The van der Waals surface area contributed by atoms with Gasteiger partial charge in [-0.2, -0.15) is 13.2 Å². The van der Waals surface area contributed by atoms with Crippen molar-refractivity contribution in [2.24, 2.45) is 0 Å². The van der Waals surface area contributed by atoms with Gasteiger partial charge in [0.1, 0.15) is 18.9 Å². The van der Waals surface area contributed by atoms with Gasteiger partial charge in [0.25, 0.3) is 11.8 Å². The van der Waals surface area contributed by atoms with Crippen LogP contribution < -0.4 is 5.32 Å². The zero-order chi connectivity index (χ0) is 30.9. The lowest BCUT2D eigenvalue weighted by molar-refractivity contribution is -0.192. The SMILES string of the molecule is O=C(O)C(F)(F)F.O=C1COCC(=O)N1Cc1cc2nccc(-c3cc(Cl)cc4ccn(CC5(F)CCNCC5)c34)c2s1. The molecule has 5 heterocycles. The normalized spacial score (nSPS) is 17.3. The molecule has 43 heavy (non-hydrogen) atoms. The summed E-state index contributed by atoms with van der Waals surface area (Å²) >= 11 is 8.01. The molecule has 2 saturated heterocycles. The molecular formula is C28H25ClF4N4O5S. The van der Waals surface area contributed by atoms with E-state index in [4.69, 9.17) is 26.2 Å². The number of hydrogen-bond donors (Lipinski definition) is 2. The topological polar surface area (TPSA) is 114 Å². The highest BCUT2D eigenvalue weighted by molar-refractivity contribution is 7.19.